The lowest BCUT2D eigenvalue weighted by atomic mass is 10.0. The standard InChI is InChI=1S/C20H26N4O2/c1-13(2)18(21)19(25)22-12-15-7-5-9-17(11-15)24-20(26)23-16-8-4-6-14(3)10-16/h4-11,13,18H,12,21H2,1-3H3,(H,22,25)(H2,23,24,26)/t18-/m0/s1. The zero-order valence-electron chi connectivity index (χ0n) is 15.4. The fourth-order valence-electron chi connectivity index (χ4n) is 2.39. The molecule has 0 radical (unpaired) electrons. The van der Waals surface area contributed by atoms with E-state index in [1.807, 2.05) is 63.2 Å². The maximum Gasteiger partial charge on any atom is 0.323 e. The lowest BCUT2D eigenvalue weighted by Crippen LogP contribution is -2.43. The normalized spacial score (nSPS) is 11.7. The molecule has 2 aromatic carbocycles. The van der Waals surface area contributed by atoms with E-state index in [0.717, 1.165) is 16.8 Å². The molecular weight excluding hydrogens is 328 g/mol. The number of aryl methyl sites for hydroxylation is 1. The zero-order valence-corrected chi connectivity index (χ0v) is 15.4. The van der Waals surface area contributed by atoms with Crippen LogP contribution in [0.15, 0.2) is 48.5 Å². The largest absolute Gasteiger partial charge is 0.351 e. The van der Waals surface area contributed by atoms with E-state index < -0.39 is 6.04 Å². The summed E-state index contributed by atoms with van der Waals surface area (Å²) in [5, 5.41) is 8.40. The number of hydrogen-bond donors (Lipinski definition) is 4. The summed E-state index contributed by atoms with van der Waals surface area (Å²) in [6.45, 7) is 6.13. The number of anilines is 2. The minimum Gasteiger partial charge on any atom is -0.351 e. The number of carbonyl (C=O) groups is 2. The van der Waals surface area contributed by atoms with Crippen molar-refractivity contribution in [3.8, 4) is 0 Å². The van der Waals surface area contributed by atoms with Crippen molar-refractivity contribution in [2.45, 2.75) is 33.4 Å². The van der Waals surface area contributed by atoms with Crippen LogP contribution in [0.3, 0.4) is 0 Å². The molecule has 0 aliphatic carbocycles. The molecule has 0 saturated heterocycles. The highest BCUT2D eigenvalue weighted by Gasteiger charge is 2.16. The van der Waals surface area contributed by atoms with Crippen LogP contribution in [0.2, 0.25) is 0 Å². The van der Waals surface area contributed by atoms with E-state index >= 15 is 0 Å². The van der Waals surface area contributed by atoms with Crippen LogP contribution >= 0.6 is 0 Å². The molecule has 6 heteroatoms. The number of urea groups is 1. The number of carbonyl (C=O) groups excluding carboxylic acids is 2. The van der Waals surface area contributed by atoms with Gasteiger partial charge in [-0.3, -0.25) is 4.79 Å². The summed E-state index contributed by atoms with van der Waals surface area (Å²) in [4.78, 5) is 24.1. The van der Waals surface area contributed by atoms with Gasteiger partial charge in [-0.05, 0) is 48.2 Å². The van der Waals surface area contributed by atoms with E-state index in [4.69, 9.17) is 5.73 Å². The second-order valence-corrected chi connectivity index (χ2v) is 6.64. The number of amides is 3. The molecule has 138 valence electrons. The molecule has 0 fully saturated rings. The van der Waals surface area contributed by atoms with Crippen LogP contribution in [-0.2, 0) is 11.3 Å². The van der Waals surface area contributed by atoms with Crippen molar-refractivity contribution in [2.75, 3.05) is 10.6 Å². The second-order valence-electron chi connectivity index (χ2n) is 6.64. The molecule has 1 atom stereocenters. The van der Waals surface area contributed by atoms with Gasteiger partial charge >= 0.3 is 6.03 Å². The third-order valence-corrected chi connectivity index (χ3v) is 3.95. The van der Waals surface area contributed by atoms with Crippen molar-refractivity contribution < 1.29 is 9.59 Å². The van der Waals surface area contributed by atoms with Crippen LogP contribution in [0, 0.1) is 12.8 Å². The van der Waals surface area contributed by atoms with Gasteiger partial charge in [-0.2, -0.15) is 0 Å². The molecule has 26 heavy (non-hydrogen) atoms. The SMILES string of the molecule is Cc1cccc(NC(=O)Nc2cccc(CNC(=O)[C@@H](N)C(C)C)c2)c1. The van der Waals surface area contributed by atoms with Gasteiger partial charge in [0.15, 0.2) is 0 Å². The smallest absolute Gasteiger partial charge is 0.323 e. The van der Waals surface area contributed by atoms with Crippen molar-refractivity contribution in [3.63, 3.8) is 0 Å². The van der Waals surface area contributed by atoms with E-state index in [-0.39, 0.29) is 17.9 Å². The second kappa shape index (κ2) is 9.01. The Morgan fingerprint density at radius 3 is 2.23 bits per heavy atom. The monoisotopic (exact) mass is 354 g/mol. The highest BCUT2D eigenvalue weighted by atomic mass is 16.2. The molecule has 2 rings (SSSR count). The molecule has 0 heterocycles. The number of benzene rings is 2. The van der Waals surface area contributed by atoms with Gasteiger partial charge in [0.05, 0.1) is 6.04 Å². The van der Waals surface area contributed by atoms with Crippen molar-refractivity contribution in [3.05, 3.63) is 59.7 Å². The Labute approximate surface area is 154 Å². The molecule has 0 saturated carbocycles. The maximum absolute atomic E-state index is 12.1. The quantitative estimate of drug-likeness (QED) is 0.641. The van der Waals surface area contributed by atoms with E-state index in [0.29, 0.717) is 12.2 Å². The highest BCUT2D eigenvalue weighted by Crippen LogP contribution is 2.13. The van der Waals surface area contributed by atoms with E-state index in [1.165, 1.54) is 0 Å². The Morgan fingerprint density at radius 1 is 1.00 bits per heavy atom. The molecule has 0 unspecified atom stereocenters. The van der Waals surface area contributed by atoms with Gasteiger partial charge in [-0.25, -0.2) is 4.79 Å². The van der Waals surface area contributed by atoms with Crippen LogP contribution in [-0.4, -0.2) is 18.0 Å². The van der Waals surface area contributed by atoms with Gasteiger partial charge in [-0.1, -0.05) is 38.1 Å². The summed E-state index contributed by atoms with van der Waals surface area (Å²) in [7, 11) is 0. The van der Waals surface area contributed by atoms with Gasteiger partial charge in [-0.15, -0.1) is 0 Å². The molecule has 5 N–H and O–H groups in total. The van der Waals surface area contributed by atoms with Gasteiger partial charge in [0, 0.05) is 17.9 Å². The molecule has 0 aromatic heterocycles. The number of hydrogen-bond acceptors (Lipinski definition) is 3. The summed E-state index contributed by atoms with van der Waals surface area (Å²) < 4.78 is 0. The fourth-order valence-corrected chi connectivity index (χ4v) is 2.39. The van der Waals surface area contributed by atoms with Crippen LogP contribution in [0.5, 0.6) is 0 Å². The number of rotatable bonds is 6. The molecule has 0 bridgehead atoms. The summed E-state index contributed by atoms with van der Waals surface area (Å²) >= 11 is 0. The summed E-state index contributed by atoms with van der Waals surface area (Å²) in [5.41, 5.74) is 9.15. The first kappa shape index (κ1) is 19.5. The fraction of sp³-hybridized carbons (Fsp3) is 0.300. The van der Waals surface area contributed by atoms with Crippen LogP contribution in [0.25, 0.3) is 0 Å². The molecule has 6 nitrogen and oxygen atoms in total. The molecular formula is C20H26N4O2. The molecule has 0 aliphatic rings. The van der Waals surface area contributed by atoms with Crippen LogP contribution < -0.4 is 21.7 Å². The van der Waals surface area contributed by atoms with Gasteiger partial charge in [0.1, 0.15) is 0 Å². The molecule has 0 aliphatic heterocycles. The minimum atomic E-state index is -0.531. The van der Waals surface area contributed by atoms with Gasteiger partial charge in [0.25, 0.3) is 0 Å². The summed E-state index contributed by atoms with van der Waals surface area (Å²) in [6, 6.07) is 14.0. The summed E-state index contributed by atoms with van der Waals surface area (Å²) in [6.07, 6.45) is 0. The highest BCUT2D eigenvalue weighted by molar-refractivity contribution is 5.99. The topological polar surface area (TPSA) is 96.2 Å². The Morgan fingerprint density at radius 2 is 1.62 bits per heavy atom. The van der Waals surface area contributed by atoms with Crippen molar-refractivity contribution in [2.24, 2.45) is 11.7 Å². The maximum atomic E-state index is 12.1. The van der Waals surface area contributed by atoms with E-state index in [9.17, 15) is 9.59 Å². The summed E-state index contributed by atoms with van der Waals surface area (Å²) in [5.74, 6) is -0.108. The third kappa shape index (κ3) is 5.89. The average Bonchev–Trinajstić information content (AvgIpc) is 2.59. The van der Waals surface area contributed by atoms with Crippen molar-refractivity contribution in [1.29, 1.82) is 0 Å². The molecule has 0 spiro atoms. The Balaban J connectivity index is 1.92. The molecule has 2 aromatic rings. The van der Waals surface area contributed by atoms with Crippen LogP contribution in [0.1, 0.15) is 25.0 Å². The lowest BCUT2D eigenvalue weighted by Gasteiger charge is -2.15. The van der Waals surface area contributed by atoms with Crippen molar-refractivity contribution >= 4 is 23.3 Å². The predicted molar refractivity (Wildman–Crippen MR) is 105 cm³/mol. The number of nitrogens with one attached hydrogen (secondary N) is 3. The first-order valence-electron chi connectivity index (χ1n) is 8.62. The van der Waals surface area contributed by atoms with Crippen molar-refractivity contribution in [1.82, 2.24) is 5.32 Å². The first-order valence-corrected chi connectivity index (χ1v) is 8.62. The van der Waals surface area contributed by atoms with Crippen LogP contribution in [0.4, 0.5) is 16.2 Å². The number of nitrogens with two attached hydrogens (primary N) is 1. The Hall–Kier alpha value is -2.86. The zero-order chi connectivity index (χ0) is 19.1. The Bertz CT molecular complexity index is 774. The lowest BCUT2D eigenvalue weighted by molar-refractivity contribution is -0.123. The minimum absolute atomic E-state index is 0.0771. The molecule has 3 amide bonds. The van der Waals surface area contributed by atoms with E-state index in [2.05, 4.69) is 16.0 Å². The van der Waals surface area contributed by atoms with Gasteiger partial charge < -0.3 is 21.7 Å². The first-order chi connectivity index (χ1) is 12.3. The third-order valence-electron chi connectivity index (χ3n) is 3.95. The predicted octanol–water partition coefficient (Wildman–Crippen LogP) is 3.24. The Kier molecular flexibility index (Phi) is 6.74. The van der Waals surface area contributed by atoms with Gasteiger partial charge in [0.2, 0.25) is 5.91 Å². The van der Waals surface area contributed by atoms with E-state index in [1.54, 1.807) is 6.07 Å². The average molecular weight is 354 g/mol.